The Morgan fingerprint density at radius 1 is 0.941 bits per heavy atom. The van der Waals surface area contributed by atoms with Gasteiger partial charge in [0.15, 0.2) is 11.5 Å². The van der Waals surface area contributed by atoms with Crippen LogP contribution < -0.4 is 5.43 Å². The zero-order valence-corrected chi connectivity index (χ0v) is 19.1. The van der Waals surface area contributed by atoms with Gasteiger partial charge in [-0.3, -0.25) is 9.59 Å². The monoisotopic (exact) mass is 481 g/mol. The molecule has 176 valence electrons. The highest BCUT2D eigenvalue weighted by atomic mass is 32.1. The van der Waals surface area contributed by atoms with E-state index >= 15 is 0 Å². The Bertz CT molecular complexity index is 1290. The van der Waals surface area contributed by atoms with Gasteiger partial charge in [-0.15, -0.1) is 11.3 Å². The van der Waals surface area contributed by atoms with Crippen LogP contribution in [0.15, 0.2) is 72.6 Å². The Morgan fingerprint density at radius 3 is 2.15 bits per heavy atom. The number of fused-ring (bicyclic) bond motifs is 2. The quantitative estimate of drug-likeness (QED) is 0.269. The van der Waals surface area contributed by atoms with Crippen LogP contribution in [0.3, 0.4) is 0 Å². The standard InChI is InChI=1S/C25H23NO7S/c1-3-21(27)32-13-11-26(12-14-33-22(28)4-2)25(31)23(29)16-9-10-20-18(15-16)24(30)17-7-5-6-8-19(17)34-20/h3-10,15,23,29H,1-2,11-14H2. The molecule has 0 aliphatic carbocycles. The summed E-state index contributed by atoms with van der Waals surface area (Å²) in [5, 5.41) is 11.8. The van der Waals surface area contributed by atoms with Gasteiger partial charge in [0.05, 0.1) is 13.1 Å². The molecular formula is C25H23NO7S. The van der Waals surface area contributed by atoms with Crippen LogP contribution in [0.1, 0.15) is 11.7 Å². The van der Waals surface area contributed by atoms with E-state index in [-0.39, 0.29) is 37.3 Å². The van der Waals surface area contributed by atoms with Gasteiger partial charge < -0.3 is 19.5 Å². The van der Waals surface area contributed by atoms with E-state index in [1.807, 2.05) is 12.1 Å². The van der Waals surface area contributed by atoms with E-state index < -0.39 is 23.9 Å². The fourth-order valence-electron chi connectivity index (χ4n) is 3.27. The van der Waals surface area contributed by atoms with Crippen molar-refractivity contribution >= 4 is 49.4 Å². The molecule has 0 aliphatic rings. The van der Waals surface area contributed by atoms with Gasteiger partial charge in [0.1, 0.15) is 13.2 Å². The lowest BCUT2D eigenvalue weighted by molar-refractivity contribution is -0.147. The molecule has 2 aromatic carbocycles. The molecule has 1 aromatic heterocycles. The molecule has 0 fully saturated rings. The van der Waals surface area contributed by atoms with E-state index in [9.17, 15) is 24.3 Å². The summed E-state index contributed by atoms with van der Waals surface area (Å²) >= 11 is 1.44. The first-order valence-electron chi connectivity index (χ1n) is 10.4. The van der Waals surface area contributed by atoms with Crippen molar-refractivity contribution in [2.75, 3.05) is 26.3 Å². The molecule has 3 rings (SSSR count). The average molecular weight is 482 g/mol. The zero-order valence-electron chi connectivity index (χ0n) is 18.3. The molecule has 3 aromatic rings. The number of aliphatic hydroxyl groups is 1. The molecule has 9 heteroatoms. The van der Waals surface area contributed by atoms with Gasteiger partial charge in [0.25, 0.3) is 5.91 Å². The van der Waals surface area contributed by atoms with Gasteiger partial charge in [0, 0.05) is 32.3 Å². The number of benzene rings is 2. The molecule has 0 bridgehead atoms. The summed E-state index contributed by atoms with van der Waals surface area (Å²) in [5.41, 5.74) is 0.0589. The van der Waals surface area contributed by atoms with E-state index in [1.165, 1.54) is 22.3 Å². The summed E-state index contributed by atoms with van der Waals surface area (Å²) in [7, 11) is 0. The fraction of sp³-hybridized carbons (Fsp3) is 0.200. The lowest BCUT2D eigenvalue weighted by atomic mass is 10.1. The van der Waals surface area contributed by atoms with Crippen molar-refractivity contribution in [3.8, 4) is 0 Å². The molecular weight excluding hydrogens is 458 g/mol. The van der Waals surface area contributed by atoms with E-state index in [4.69, 9.17) is 9.47 Å². The molecule has 1 unspecified atom stereocenters. The van der Waals surface area contributed by atoms with Gasteiger partial charge >= 0.3 is 11.9 Å². The minimum Gasteiger partial charge on any atom is -0.461 e. The number of hydrogen-bond acceptors (Lipinski definition) is 8. The van der Waals surface area contributed by atoms with Crippen molar-refractivity contribution in [3.05, 3.63) is 83.6 Å². The van der Waals surface area contributed by atoms with Crippen molar-refractivity contribution in [3.63, 3.8) is 0 Å². The number of esters is 2. The van der Waals surface area contributed by atoms with Crippen LogP contribution in [0.4, 0.5) is 0 Å². The molecule has 0 aliphatic heterocycles. The molecule has 8 nitrogen and oxygen atoms in total. The first-order chi connectivity index (χ1) is 16.3. The van der Waals surface area contributed by atoms with E-state index in [1.54, 1.807) is 24.3 Å². The van der Waals surface area contributed by atoms with Crippen LogP contribution in [0.2, 0.25) is 0 Å². The van der Waals surface area contributed by atoms with Crippen LogP contribution in [-0.2, 0) is 23.9 Å². The van der Waals surface area contributed by atoms with Crippen molar-refractivity contribution < 1.29 is 29.0 Å². The van der Waals surface area contributed by atoms with Crippen molar-refractivity contribution in [2.24, 2.45) is 0 Å². The Hall–Kier alpha value is -3.82. The third kappa shape index (κ3) is 5.75. The van der Waals surface area contributed by atoms with Gasteiger partial charge in [-0.2, -0.15) is 0 Å². The highest BCUT2D eigenvalue weighted by Crippen LogP contribution is 2.27. The Balaban J connectivity index is 1.84. The summed E-state index contributed by atoms with van der Waals surface area (Å²) in [4.78, 5) is 49.8. The SMILES string of the molecule is C=CC(=O)OCCN(CCOC(=O)C=C)C(=O)C(O)c1ccc2sc3ccccc3c(=O)c2c1. The summed E-state index contributed by atoms with van der Waals surface area (Å²) in [6.07, 6.45) is 0.408. The van der Waals surface area contributed by atoms with E-state index in [0.717, 1.165) is 21.6 Å². The maximum atomic E-state index is 13.0. The maximum absolute atomic E-state index is 13.0. The highest BCUT2D eigenvalue weighted by molar-refractivity contribution is 7.24. The number of carbonyl (C=O) groups is 3. The van der Waals surface area contributed by atoms with Crippen LogP contribution >= 0.6 is 11.3 Å². The van der Waals surface area contributed by atoms with Crippen molar-refractivity contribution in [1.82, 2.24) is 4.90 Å². The number of nitrogens with zero attached hydrogens (tertiary/aromatic N) is 1. The predicted octanol–water partition coefficient (Wildman–Crippen LogP) is 2.74. The van der Waals surface area contributed by atoms with Crippen LogP contribution in [0, 0.1) is 0 Å². The summed E-state index contributed by atoms with van der Waals surface area (Å²) in [6, 6.07) is 12.0. The fourth-order valence-corrected chi connectivity index (χ4v) is 4.32. The van der Waals surface area contributed by atoms with Gasteiger partial charge in [-0.25, -0.2) is 9.59 Å². The molecule has 1 N–H and O–H groups in total. The molecule has 1 heterocycles. The second kappa shape index (κ2) is 11.4. The number of aliphatic hydroxyl groups excluding tert-OH is 1. The third-order valence-corrected chi connectivity index (χ3v) is 6.16. The number of hydrogen-bond donors (Lipinski definition) is 1. The number of rotatable bonds is 10. The van der Waals surface area contributed by atoms with Crippen LogP contribution in [0.25, 0.3) is 20.2 Å². The second-order valence-corrected chi connectivity index (χ2v) is 8.24. The smallest absolute Gasteiger partial charge is 0.330 e. The second-order valence-electron chi connectivity index (χ2n) is 7.15. The normalized spacial score (nSPS) is 11.6. The van der Waals surface area contributed by atoms with E-state index in [0.29, 0.717) is 10.8 Å². The maximum Gasteiger partial charge on any atom is 0.330 e. The predicted molar refractivity (Wildman–Crippen MR) is 129 cm³/mol. The zero-order chi connectivity index (χ0) is 24.7. The Kier molecular flexibility index (Phi) is 8.29. The summed E-state index contributed by atoms with van der Waals surface area (Å²) in [6.45, 7) is 6.23. The molecule has 0 saturated heterocycles. The minimum atomic E-state index is -1.58. The summed E-state index contributed by atoms with van der Waals surface area (Å²) < 4.78 is 11.4. The average Bonchev–Trinajstić information content (AvgIpc) is 2.86. The molecule has 0 spiro atoms. The topological polar surface area (TPSA) is 110 Å². The van der Waals surface area contributed by atoms with Crippen LogP contribution in [0.5, 0.6) is 0 Å². The Labute approximate surface area is 199 Å². The first kappa shape index (κ1) is 24.8. The molecule has 34 heavy (non-hydrogen) atoms. The lowest BCUT2D eigenvalue weighted by Gasteiger charge is -2.25. The number of carbonyl (C=O) groups excluding carboxylic acids is 3. The Morgan fingerprint density at radius 2 is 1.53 bits per heavy atom. The molecule has 0 saturated carbocycles. The van der Waals surface area contributed by atoms with E-state index in [2.05, 4.69) is 13.2 Å². The molecule has 1 atom stereocenters. The summed E-state index contributed by atoms with van der Waals surface area (Å²) in [5.74, 6) is -2.01. The molecule has 1 amide bonds. The van der Waals surface area contributed by atoms with Gasteiger partial charge in [0.2, 0.25) is 0 Å². The number of ether oxygens (including phenoxy) is 2. The third-order valence-electron chi connectivity index (χ3n) is 5.01. The highest BCUT2D eigenvalue weighted by Gasteiger charge is 2.25. The first-order valence-corrected chi connectivity index (χ1v) is 11.2. The minimum absolute atomic E-state index is 0.0474. The van der Waals surface area contributed by atoms with Crippen molar-refractivity contribution in [1.29, 1.82) is 0 Å². The number of amides is 1. The van der Waals surface area contributed by atoms with Crippen LogP contribution in [-0.4, -0.2) is 54.2 Å². The lowest BCUT2D eigenvalue weighted by Crippen LogP contribution is -2.40. The van der Waals surface area contributed by atoms with Crippen molar-refractivity contribution in [2.45, 2.75) is 6.10 Å². The largest absolute Gasteiger partial charge is 0.461 e. The molecule has 0 radical (unpaired) electrons. The van der Waals surface area contributed by atoms with Gasteiger partial charge in [-0.1, -0.05) is 31.4 Å². The van der Waals surface area contributed by atoms with Gasteiger partial charge in [-0.05, 0) is 29.8 Å².